The number of carbonyl (C=O) groups excluding carboxylic acids is 1. The number of carbonyl (C=O) groups is 1. The van der Waals surface area contributed by atoms with E-state index in [9.17, 15) is 9.59 Å². The van der Waals surface area contributed by atoms with Gasteiger partial charge in [-0.3, -0.25) is 4.79 Å². The van der Waals surface area contributed by atoms with Crippen molar-refractivity contribution in [3.8, 4) is 5.75 Å². The molecule has 3 rings (SSSR count). The second-order valence-corrected chi connectivity index (χ2v) is 6.63. The summed E-state index contributed by atoms with van der Waals surface area (Å²) in [7, 11) is 0. The van der Waals surface area contributed by atoms with Gasteiger partial charge in [0.2, 0.25) is 0 Å². The average Bonchev–Trinajstić information content (AvgIpc) is 2.55. The van der Waals surface area contributed by atoms with E-state index >= 15 is 0 Å². The minimum Gasteiger partial charge on any atom is -0.482 e. The molecule has 1 saturated carbocycles. The van der Waals surface area contributed by atoms with Crippen molar-refractivity contribution in [3.05, 3.63) is 39.2 Å². The summed E-state index contributed by atoms with van der Waals surface area (Å²) in [6, 6.07) is 4.89. The van der Waals surface area contributed by atoms with Gasteiger partial charge in [-0.2, -0.15) is 0 Å². The smallest absolute Gasteiger partial charge is 0.336 e. The van der Waals surface area contributed by atoms with Crippen LogP contribution in [0.1, 0.15) is 37.7 Å². The lowest BCUT2D eigenvalue weighted by atomic mass is 9.95. The molecule has 0 atom stereocenters. The summed E-state index contributed by atoms with van der Waals surface area (Å²) < 4.78 is 10.7. The minimum absolute atomic E-state index is 0.113. The Morgan fingerprint density at radius 2 is 2.04 bits per heavy atom. The van der Waals surface area contributed by atoms with Crippen LogP contribution in [0.15, 0.2) is 27.4 Å². The van der Waals surface area contributed by atoms with Crippen molar-refractivity contribution < 1.29 is 13.9 Å². The van der Waals surface area contributed by atoms with E-state index in [2.05, 4.69) is 5.32 Å². The highest BCUT2D eigenvalue weighted by Crippen LogP contribution is 2.31. The van der Waals surface area contributed by atoms with Gasteiger partial charge in [0.05, 0.1) is 5.02 Å². The van der Waals surface area contributed by atoms with E-state index in [1.54, 1.807) is 12.1 Å². The zero-order valence-corrected chi connectivity index (χ0v) is 14.3. The summed E-state index contributed by atoms with van der Waals surface area (Å²) in [4.78, 5) is 23.5. The summed E-state index contributed by atoms with van der Waals surface area (Å²) in [5, 5.41) is 4.11. The molecule has 0 bridgehead atoms. The van der Waals surface area contributed by atoms with Gasteiger partial charge in [0.15, 0.2) is 6.61 Å². The fourth-order valence-corrected chi connectivity index (χ4v) is 3.31. The SMILES string of the molecule is Cc1cc(=O)oc2cc(OCC(=O)NC3CCCCC3)c(Cl)cc12. The maximum Gasteiger partial charge on any atom is 0.336 e. The van der Waals surface area contributed by atoms with E-state index < -0.39 is 5.63 Å². The molecule has 0 spiro atoms. The molecule has 2 aromatic rings. The number of aryl methyl sites for hydroxylation is 1. The monoisotopic (exact) mass is 349 g/mol. The van der Waals surface area contributed by atoms with Crippen LogP contribution in [0.25, 0.3) is 11.0 Å². The van der Waals surface area contributed by atoms with Crippen LogP contribution in [-0.2, 0) is 4.79 Å². The molecule has 1 aliphatic carbocycles. The molecule has 24 heavy (non-hydrogen) atoms. The molecule has 0 aliphatic heterocycles. The Kier molecular flexibility index (Phi) is 5.09. The van der Waals surface area contributed by atoms with Gasteiger partial charge in [-0.1, -0.05) is 30.9 Å². The Morgan fingerprint density at radius 3 is 2.79 bits per heavy atom. The first-order valence-corrected chi connectivity index (χ1v) is 8.57. The average molecular weight is 350 g/mol. The minimum atomic E-state index is -0.427. The molecule has 1 aromatic heterocycles. The second-order valence-electron chi connectivity index (χ2n) is 6.22. The van der Waals surface area contributed by atoms with E-state index in [1.165, 1.54) is 12.5 Å². The quantitative estimate of drug-likeness (QED) is 0.856. The van der Waals surface area contributed by atoms with Gasteiger partial charge in [0.1, 0.15) is 11.3 Å². The molecule has 0 radical (unpaired) electrons. The highest BCUT2D eigenvalue weighted by Gasteiger charge is 2.16. The maximum atomic E-state index is 12.0. The summed E-state index contributed by atoms with van der Waals surface area (Å²) in [6.45, 7) is 1.70. The predicted octanol–water partition coefficient (Wildman–Crippen LogP) is 3.58. The van der Waals surface area contributed by atoms with Crippen LogP contribution in [0.2, 0.25) is 5.02 Å². The highest BCUT2D eigenvalue weighted by molar-refractivity contribution is 6.32. The van der Waals surface area contributed by atoms with Gasteiger partial charge in [0.25, 0.3) is 5.91 Å². The van der Waals surface area contributed by atoms with Crippen molar-refractivity contribution in [2.75, 3.05) is 6.61 Å². The van der Waals surface area contributed by atoms with Crippen molar-refractivity contribution in [2.45, 2.75) is 45.1 Å². The fraction of sp³-hybridized carbons (Fsp3) is 0.444. The first-order chi connectivity index (χ1) is 11.5. The molecule has 1 amide bonds. The van der Waals surface area contributed by atoms with Crippen LogP contribution in [0.4, 0.5) is 0 Å². The molecule has 1 N–H and O–H groups in total. The third-order valence-electron chi connectivity index (χ3n) is 4.33. The molecular weight excluding hydrogens is 330 g/mol. The lowest BCUT2D eigenvalue weighted by Crippen LogP contribution is -2.38. The molecular formula is C18H20ClNO4. The molecule has 128 valence electrons. The normalized spacial score (nSPS) is 15.4. The first kappa shape index (κ1) is 16.8. The van der Waals surface area contributed by atoms with E-state index in [0.717, 1.165) is 36.6 Å². The summed E-state index contributed by atoms with van der Waals surface area (Å²) in [6.07, 6.45) is 5.58. The first-order valence-electron chi connectivity index (χ1n) is 8.19. The summed E-state index contributed by atoms with van der Waals surface area (Å²) in [5.74, 6) is 0.167. The van der Waals surface area contributed by atoms with E-state index in [0.29, 0.717) is 16.4 Å². The Labute approximate surface area is 144 Å². The van der Waals surface area contributed by atoms with Crippen LogP contribution < -0.4 is 15.7 Å². The van der Waals surface area contributed by atoms with Gasteiger partial charge in [0, 0.05) is 23.6 Å². The van der Waals surface area contributed by atoms with Gasteiger partial charge in [-0.25, -0.2) is 4.79 Å². The predicted molar refractivity (Wildman–Crippen MR) is 92.7 cm³/mol. The topological polar surface area (TPSA) is 68.5 Å². The summed E-state index contributed by atoms with van der Waals surface area (Å²) >= 11 is 6.21. The van der Waals surface area contributed by atoms with Gasteiger partial charge < -0.3 is 14.5 Å². The number of nitrogens with one attached hydrogen (secondary N) is 1. The molecule has 1 heterocycles. The maximum absolute atomic E-state index is 12.0. The molecule has 1 fully saturated rings. The molecule has 5 nitrogen and oxygen atoms in total. The fourth-order valence-electron chi connectivity index (χ4n) is 3.09. The van der Waals surface area contributed by atoms with E-state index in [4.69, 9.17) is 20.8 Å². The number of fused-ring (bicyclic) bond motifs is 1. The van der Waals surface area contributed by atoms with E-state index in [1.807, 2.05) is 6.92 Å². The number of ether oxygens (including phenoxy) is 1. The van der Waals surface area contributed by atoms with Gasteiger partial charge in [-0.05, 0) is 31.4 Å². The van der Waals surface area contributed by atoms with Crippen LogP contribution in [-0.4, -0.2) is 18.6 Å². The number of hydrogen-bond donors (Lipinski definition) is 1. The number of hydrogen-bond acceptors (Lipinski definition) is 4. The van der Waals surface area contributed by atoms with E-state index in [-0.39, 0.29) is 18.6 Å². The molecule has 0 saturated heterocycles. The molecule has 0 unspecified atom stereocenters. The van der Waals surface area contributed by atoms with Crippen molar-refractivity contribution in [3.63, 3.8) is 0 Å². The van der Waals surface area contributed by atoms with Crippen LogP contribution in [0, 0.1) is 6.92 Å². The molecule has 1 aliphatic rings. The van der Waals surface area contributed by atoms with Crippen LogP contribution in [0.3, 0.4) is 0 Å². The standard InChI is InChI=1S/C18H20ClNO4/c1-11-7-18(22)24-15-9-16(14(19)8-13(11)15)23-10-17(21)20-12-5-3-2-4-6-12/h7-9,12H,2-6,10H2,1H3,(H,20,21). The Hall–Kier alpha value is -2.01. The summed E-state index contributed by atoms with van der Waals surface area (Å²) in [5.41, 5.74) is 0.750. The number of amides is 1. The van der Waals surface area contributed by atoms with Crippen LogP contribution in [0.5, 0.6) is 5.75 Å². The van der Waals surface area contributed by atoms with Crippen LogP contribution >= 0.6 is 11.6 Å². The Morgan fingerprint density at radius 1 is 1.29 bits per heavy atom. The Balaban J connectivity index is 1.69. The number of halogens is 1. The van der Waals surface area contributed by atoms with Crippen molar-refractivity contribution >= 4 is 28.5 Å². The Bertz CT molecular complexity index is 809. The zero-order valence-electron chi connectivity index (χ0n) is 13.6. The lowest BCUT2D eigenvalue weighted by Gasteiger charge is -2.22. The third-order valence-corrected chi connectivity index (χ3v) is 4.63. The number of benzene rings is 1. The highest BCUT2D eigenvalue weighted by atomic mass is 35.5. The third kappa shape index (κ3) is 3.90. The number of rotatable bonds is 4. The van der Waals surface area contributed by atoms with Gasteiger partial charge in [-0.15, -0.1) is 0 Å². The van der Waals surface area contributed by atoms with Crippen molar-refractivity contribution in [1.82, 2.24) is 5.32 Å². The van der Waals surface area contributed by atoms with Gasteiger partial charge >= 0.3 is 5.63 Å². The second kappa shape index (κ2) is 7.26. The largest absolute Gasteiger partial charge is 0.482 e. The molecule has 6 heteroatoms. The van der Waals surface area contributed by atoms with Crippen molar-refractivity contribution in [2.24, 2.45) is 0 Å². The molecule has 1 aromatic carbocycles. The lowest BCUT2D eigenvalue weighted by molar-refractivity contribution is -0.124. The zero-order chi connectivity index (χ0) is 17.1. The van der Waals surface area contributed by atoms with Crippen molar-refractivity contribution in [1.29, 1.82) is 0 Å².